The molecule has 0 unspecified atom stereocenters. The lowest BCUT2D eigenvalue weighted by molar-refractivity contribution is -0.117. The third-order valence-electron chi connectivity index (χ3n) is 6.11. The van der Waals surface area contributed by atoms with Crippen LogP contribution in [0.2, 0.25) is 0 Å². The Morgan fingerprint density at radius 1 is 0.923 bits per heavy atom. The minimum atomic E-state index is -0.539. The highest BCUT2D eigenvalue weighted by Crippen LogP contribution is 2.32. The van der Waals surface area contributed by atoms with E-state index in [1.54, 1.807) is 43.3 Å². The predicted molar refractivity (Wildman–Crippen MR) is 155 cm³/mol. The molecule has 2 amide bonds. The molecule has 1 heterocycles. The van der Waals surface area contributed by atoms with Crippen LogP contribution in [0, 0.1) is 0 Å². The number of hydrogen-bond acceptors (Lipinski definition) is 6. The van der Waals surface area contributed by atoms with Gasteiger partial charge in [0.05, 0.1) is 5.71 Å². The molecule has 0 atom stereocenters. The molecular weight excluding hydrogens is 492 g/mol. The predicted octanol–water partition coefficient (Wildman–Crippen LogP) is 5.24. The lowest BCUT2D eigenvalue weighted by Gasteiger charge is -2.21. The highest BCUT2D eigenvalue weighted by molar-refractivity contribution is 6.06. The molecule has 39 heavy (non-hydrogen) atoms. The van der Waals surface area contributed by atoms with E-state index in [1.807, 2.05) is 54.6 Å². The molecule has 0 radical (unpaired) electrons. The standard InChI is InChI=1S/C31H32N4O4/c1-4-35(5-2)26-16-13-23(14-17-26)19-27(32-30(36)25-9-7-6-8-10-25)31(37)34-33-22(3)11-12-24-15-18-28-29(20-24)39-21-38-28/h6-20H,4-5,21H2,1-3H3,(H,32,36)(H,34,37). The second-order valence-corrected chi connectivity index (χ2v) is 8.78. The summed E-state index contributed by atoms with van der Waals surface area (Å²) in [5.41, 5.74) is 6.40. The van der Waals surface area contributed by atoms with Crippen molar-refractivity contribution in [3.05, 3.63) is 101 Å². The van der Waals surface area contributed by atoms with Gasteiger partial charge in [0.1, 0.15) is 5.70 Å². The van der Waals surface area contributed by atoms with Crippen LogP contribution in [0.1, 0.15) is 42.3 Å². The van der Waals surface area contributed by atoms with Crippen molar-refractivity contribution in [2.24, 2.45) is 5.10 Å². The van der Waals surface area contributed by atoms with Crippen LogP contribution in [-0.2, 0) is 4.79 Å². The summed E-state index contributed by atoms with van der Waals surface area (Å²) >= 11 is 0. The van der Waals surface area contributed by atoms with Crippen molar-refractivity contribution in [1.29, 1.82) is 0 Å². The van der Waals surface area contributed by atoms with Crippen molar-refractivity contribution in [2.75, 3.05) is 24.8 Å². The first-order chi connectivity index (χ1) is 19.0. The number of hydrogen-bond donors (Lipinski definition) is 2. The van der Waals surface area contributed by atoms with Gasteiger partial charge in [0, 0.05) is 24.3 Å². The Bertz CT molecular complexity index is 1390. The third-order valence-corrected chi connectivity index (χ3v) is 6.11. The van der Waals surface area contributed by atoms with Gasteiger partial charge in [0.15, 0.2) is 11.5 Å². The highest BCUT2D eigenvalue weighted by atomic mass is 16.7. The van der Waals surface area contributed by atoms with E-state index in [1.165, 1.54) is 0 Å². The molecular formula is C31H32N4O4. The Balaban J connectivity index is 1.50. The molecule has 4 rings (SSSR count). The molecule has 3 aromatic carbocycles. The fraction of sp³-hybridized carbons (Fsp3) is 0.194. The minimum Gasteiger partial charge on any atom is -0.454 e. The minimum absolute atomic E-state index is 0.0794. The second kappa shape index (κ2) is 13.1. The first kappa shape index (κ1) is 27.2. The number of fused-ring (bicyclic) bond motifs is 1. The van der Waals surface area contributed by atoms with Gasteiger partial charge >= 0.3 is 0 Å². The molecule has 2 N–H and O–H groups in total. The lowest BCUT2D eigenvalue weighted by atomic mass is 10.1. The summed E-state index contributed by atoms with van der Waals surface area (Å²) in [6.45, 7) is 7.98. The summed E-state index contributed by atoms with van der Waals surface area (Å²) in [7, 11) is 0. The van der Waals surface area contributed by atoms with Crippen LogP contribution in [0.15, 0.2) is 89.7 Å². The van der Waals surface area contributed by atoms with Crippen molar-refractivity contribution in [1.82, 2.24) is 10.7 Å². The van der Waals surface area contributed by atoms with E-state index in [2.05, 4.69) is 34.6 Å². The molecule has 0 aliphatic carbocycles. The SMILES string of the molecule is CCN(CC)c1ccc(C=C(NC(=O)c2ccccc2)C(=O)NN=C(C)C=Cc2ccc3c(c2)OCO3)cc1. The number of nitrogens with one attached hydrogen (secondary N) is 2. The Morgan fingerprint density at radius 3 is 2.33 bits per heavy atom. The molecule has 0 aromatic heterocycles. The molecule has 1 aliphatic rings. The zero-order valence-electron chi connectivity index (χ0n) is 22.3. The third kappa shape index (κ3) is 7.35. The summed E-state index contributed by atoms with van der Waals surface area (Å²) in [6, 6.07) is 22.2. The first-order valence-corrected chi connectivity index (χ1v) is 12.8. The number of ether oxygens (including phenoxy) is 2. The number of hydrazone groups is 1. The van der Waals surface area contributed by atoms with Gasteiger partial charge in [-0.15, -0.1) is 0 Å². The molecule has 0 saturated heterocycles. The molecule has 0 spiro atoms. The van der Waals surface area contributed by atoms with Gasteiger partial charge in [-0.3, -0.25) is 9.59 Å². The van der Waals surface area contributed by atoms with Crippen molar-refractivity contribution < 1.29 is 19.1 Å². The zero-order valence-corrected chi connectivity index (χ0v) is 22.3. The first-order valence-electron chi connectivity index (χ1n) is 12.8. The molecule has 0 bridgehead atoms. The van der Waals surface area contributed by atoms with E-state index in [4.69, 9.17) is 9.47 Å². The highest BCUT2D eigenvalue weighted by Gasteiger charge is 2.15. The van der Waals surface area contributed by atoms with Gasteiger partial charge in [0.2, 0.25) is 6.79 Å². The summed E-state index contributed by atoms with van der Waals surface area (Å²) in [4.78, 5) is 28.2. The summed E-state index contributed by atoms with van der Waals surface area (Å²) in [5.74, 6) is 0.474. The van der Waals surface area contributed by atoms with E-state index < -0.39 is 5.91 Å². The Labute approximate surface area is 228 Å². The number of carbonyl (C=O) groups is 2. The smallest absolute Gasteiger partial charge is 0.287 e. The van der Waals surface area contributed by atoms with Crippen LogP contribution in [0.3, 0.4) is 0 Å². The normalized spacial score (nSPS) is 12.9. The molecule has 200 valence electrons. The zero-order chi connectivity index (χ0) is 27.6. The van der Waals surface area contributed by atoms with Crippen LogP contribution in [0.25, 0.3) is 12.2 Å². The lowest BCUT2D eigenvalue weighted by Crippen LogP contribution is -2.33. The Morgan fingerprint density at radius 2 is 1.62 bits per heavy atom. The van der Waals surface area contributed by atoms with Crippen LogP contribution in [-0.4, -0.2) is 37.4 Å². The maximum atomic E-state index is 13.1. The maximum Gasteiger partial charge on any atom is 0.287 e. The fourth-order valence-electron chi connectivity index (χ4n) is 3.95. The van der Waals surface area contributed by atoms with E-state index in [0.717, 1.165) is 29.9 Å². The Hall–Kier alpha value is -4.85. The summed E-state index contributed by atoms with van der Waals surface area (Å²) in [5, 5.41) is 6.92. The summed E-state index contributed by atoms with van der Waals surface area (Å²) in [6.07, 6.45) is 5.27. The average molecular weight is 525 g/mol. The number of carbonyl (C=O) groups excluding carboxylic acids is 2. The van der Waals surface area contributed by atoms with Crippen molar-refractivity contribution in [3.63, 3.8) is 0 Å². The number of anilines is 1. The molecule has 0 saturated carbocycles. The molecule has 8 heteroatoms. The van der Waals surface area contributed by atoms with Gasteiger partial charge in [-0.05, 0) is 80.4 Å². The van der Waals surface area contributed by atoms with Crippen LogP contribution in [0.4, 0.5) is 5.69 Å². The Kier molecular flexibility index (Phi) is 9.13. The van der Waals surface area contributed by atoms with Crippen molar-refractivity contribution >= 4 is 35.4 Å². The summed E-state index contributed by atoms with van der Waals surface area (Å²) < 4.78 is 10.7. The quantitative estimate of drug-likeness (QED) is 0.215. The van der Waals surface area contributed by atoms with Crippen molar-refractivity contribution in [2.45, 2.75) is 20.8 Å². The van der Waals surface area contributed by atoms with Gasteiger partial charge in [0.25, 0.3) is 11.8 Å². The van der Waals surface area contributed by atoms with E-state index in [-0.39, 0.29) is 18.4 Å². The van der Waals surface area contributed by atoms with E-state index >= 15 is 0 Å². The largest absolute Gasteiger partial charge is 0.454 e. The number of allylic oxidation sites excluding steroid dienone is 1. The number of rotatable bonds is 10. The number of nitrogens with zero attached hydrogens (tertiary/aromatic N) is 2. The monoisotopic (exact) mass is 524 g/mol. The number of benzene rings is 3. The van der Waals surface area contributed by atoms with Crippen molar-refractivity contribution in [3.8, 4) is 11.5 Å². The molecule has 0 fully saturated rings. The van der Waals surface area contributed by atoms with Crippen LogP contribution in [0.5, 0.6) is 11.5 Å². The molecule has 8 nitrogen and oxygen atoms in total. The average Bonchev–Trinajstić information content (AvgIpc) is 3.44. The van der Waals surface area contributed by atoms with Crippen LogP contribution >= 0.6 is 0 Å². The fourth-order valence-corrected chi connectivity index (χ4v) is 3.95. The molecule has 1 aliphatic heterocycles. The second-order valence-electron chi connectivity index (χ2n) is 8.78. The van der Waals surface area contributed by atoms with Gasteiger partial charge in [-0.25, -0.2) is 5.43 Å². The van der Waals surface area contributed by atoms with Gasteiger partial charge < -0.3 is 19.7 Å². The number of amides is 2. The van der Waals surface area contributed by atoms with E-state index in [0.29, 0.717) is 22.8 Å². The topological polar surface area (TPSA) is 92.3 Å². The van der Waals surface area contributed by atoms with Gasteiger partial charge in [-0.2, -0.15) is 5.10 Å². The van der Waals surface area contributed by atoms with E-state index in [9.17, 15) is 9.59 Å². The van der Waals surface area contributed by atoms with Crippen LogP contribution < -0.4 is 25.1 Å². The van der Waals surface area contributed by atoms with Gasteiger partial charge in [-0.1, -0.05) is 42.5 Å². The maximum absolute atomic E-state index is 13.1. The molecule has 3 aromatic rings.